The van der Waals surface area contributed by atoms with Crippen LogP contribution in [0.5, 0.6) is 5.75 Å². The van der Waals surface area contributed by atoms with Gasteiger partial charge < -0.3 is 14.7 Å². The van der Waals surface area contributed by atoms with Crippen LogP contribution in [0.4, 0.5) is 0 Å². The lowest BCUT2D eigenvalue weighted by molar-refractivity contribution is 0.339. The lowest BCUT2D eigenvalue weighted by Crippen LogP contribution is -2.03. The van der Waals surface area contributed by atoms with Crippen molar-refractivity contribution in [3.63, 3.8) is 0 Å². The van der Waals surface area contributed by atoms with Gasteiger partial charge in [0.25, 0.3) is 0 Å². The zero-order valence-corrected chi connectivity index (χ0v) is 15.9. The third-order valence-electron chi connectivity index (χ3n) is 2.30. The van der Waals surface area contributed by atoms with Crippen LogP contribution < -0.4 is 4.74 Å². The van der Waals surface area contributed by atoms with Crippen LogP contribution in [0.3, 0.4) is 0 Å². The van der Waals surface area contributed by atoms with Crippen LogP contribution in [0.1, 0.15) is 5.69 Å². The van der Waals surface area contributed by atoms with Crippen molar-refractivity contribution in [2.24, 2.45) is 0 Å². The van der Waals surface area contributed by atoms with Gasteiger partial charge in [-0.05, 0) is 69.5 Å². The zero-order chi connectivity index (χ0) is 13.7. The predicted molar refractivity (Wildman–Crippen MR) is 99.5 cm³/mol. The molecule has 2 rings (SSSR count). The molecule has 1 heterocycles. The summed E-state index contributed by atoms with van der Waals surface area (Å²) in [6.07, 6.45) is 1.92. The third-order valence-corrected chi connectivity index (χ3v) is 5.19. The molecule has 19 heavy (non-hydrogen) atoms. The molecule has 1 aromatic carbocycles. The Bertz CT molecular complexity index is 577. The minimum Gasteiger partial charge on any atom is -0.491 e. The molecule has 0 aliphatic carbocycles. The fraction of sp³-hybridized carbons (Fsp3) is 0.250. The van der Waals surface area contributed by atoms with Gasteiger partial charge in [-0.15, -0.1) is 0 Å². The summed E-state index contributed by atoms with van der Waals surface area (Å²) in [4.78, 5) is 6.06. The van der Waals surface area contributed by atoms with E-state index in [9.17, 15) is 0 Å². The van der Waals surface area contributed by atoms with Gasteiger partial charge in [-0.1, -0.05) is 6.07 Å². The molecule has 0 radical (unpaired) electrons. The molecular formula is C12H12I2N2OS2. The Kier molecular flexibility index (Phi) is 6.50. The normalized spacial score (nSPS) is 10.6. The Balaban J connectivity index is 1.74. The predicted octanol–water partition coefficient (Wildman–Crippen LogP) is 4.59. The standard InChI is InChI=1S/C12H12I2N2OS2/c13-9-2-1-3-10(14)11(9)17-4-5-19-7-8-6-15-12(18)16-8/h1-3,6H,4-5,7H2,(H2,15,16,18). The Morgan fingerprint density at radius 2 is 2.00 bits per heavy atom. The molecule has 0 bridgehead atoms. The van der Waals surface area contributed by atoms with E-state index in [1.807, 2.05) is 24.0 Å². The van der Waals surface area contributed by atoms with Crippen molar-refractivity contribution in [3.8, 4) is 5.75 Å². The molecular weight excluding hydrogens is 506 g/mol. The summed E-state index contributed by atoms with van der Waals surface area (Å²) >= 11 is 11.4. The van der Waals surface area contributed by atoms with Crippen molar-refractivity contribution in [2.45, 2.75) is 5.75 Å². The average Bonchev–Trinajstić information content (AvgIpc) is 2.78. The molecule has 0 amide bonds. The molecule has 0 unspecified atom stereocenters. The van der Waals surface area contributed by atoms with Crippen LogP contribution >= 0.6 is 69.2 Å². The quantitative estimate of drug-likeness (QED) is 0.334. The van der Waals surface area contributed by atoms with Gasteiger partial charge >= 0.3 is 0 Å². The van der Waals surface area contributed by atoms with Crippen LogP contribution in [0.25, 0.3) is 0 Å². The number of aromatic nitrogens is 2. The van der Waals surface area contributed by atoms with Gasteiger partial charge in [-0.2, -0.15) is 11.8 Å². The summed E-state index contributed by atoms with van der Waals surface area (Å²) in [5.74, 6) is 2.86. The number of imidazole rings is 1. The Morgan fingerprint density at radius 1 is 1.26 bits per heavy atom. The molecule has 0 atom stereocenters. The molecule has 0 saturated heterocycles. The fourth-order valence-corrected chi connectivity index (χ4v) is 4.19. The lowest BCUT2D eigenvalue weighted by Gasteiger charge is -2.09. The third kappa shape index (κ3) is 4.94. The van der Waals surface area contributed by atoms with Crippen LogP contribution in [-0.4, -0.2) is 22.3 Å². The highest BCUT2D eigenvalue weighted by molar-refractivity contribution is 14.1. The van der Waals surface area contributed by atoms with Crippen LogP contribution in [0, 0.1) is 11.9 Å². The second kappa shape index (κ2) is 7.89. The van der Waals surface area contributed by atoms with Crippen molar-refractivity contribution in [1.82, 2.24) is 9.97 Å². The SMILES string of the molecule is S=c1[nH]cc(CSCCOc2c(I)cccc2I)[nH]1. The summed E-state index contributed by atoms with van der Waals surface area (Å²) < 4.78 is 8.83. The van der Waals surface area contributed by atoms with Crippen molar-refractivity contribution in [2.75, 3.05) is 12.4 Å². The summed E-state index contributed by atoms with van der Waals surface area (Å²) in [5.41, 5.74) is 1.12. The number of benzene rings is 1. The van der Waals surface area contributed by atoms with Gasteiger partial charge in [-0.3, -0.25) is 0 Å². The summed E-state index contributed by atoms with van der Waals surface area (Å²) in [6.45, 7) is 0.714. The summed E-state index contributed by atoms with van der Waals surface area (Å²) in [7, 11) is 0. The molecule has 7 heteroatoms. The highest BCUT2D eigenvalue weighted by atomic mass is 127. The largest absolute Gasteiger partial charge is 0.491 e. The fourth-order valence-electron chi connectivity index (χ4n) is 1.45. The number of thioether (sulfide) groups is 1. The first-order valence-corrected chi connectivity index (χ1v) is 9.30. The second-order valence-corrected chi connectivity index (χ2v) is 7.56. The van der Waals surface area contributed by atoms with Crippen LogP contribution in [0.2, 0.25) is 0 Å². The number of nitrogens with one attached hydrogen (secondary N) is 2. The van der Waals surface area contributed by atoms with Gasteiger partial charge in [-0.25, -0.2) is 0 Å². The average molecular weight is 518 g/mol. The molecule has 2 N–H and O–H groups in total. The molecule has 0 aliphatic heterocycles. The molecule has 3 nitrogen and oxygen atoms in total. The molecule has 0 aliphatic rings. The van der Waals surface area contributed by atoms with Crippen LogP contribution in [0.15, 0.2) is 24.4 Å². The smallest absolute Gasteiger partial charge is 0.174 e. The lowest BCUT2D eigenvalue weighted by atomic mass is 10.3. The van der Waals surface area contributed by atoms with E-state index in [1.54, 1.807) is 0 Å². The van der Waals surface area contributed by atoms with Crippen molar-refractivity contribution < 1.29 is 4.74 Å². The Morgan fingerprint density at radius 3 is 2.63 bits per heavy atom. The van der Waals surface area contributed by atoms with Crippen molar-refractivity contribution in [3.05, 3.63) is 42.0 Å². The summed E-state index contributed by atoms with van der Waals surface area (Å²) in [5, 5.41) is 0. The first kappa shape index (κ1) is 15.6. The second-order valence-electron chi connectivity index (χ2n) is 3.72. The number of aromatic amines is 2. The number of rotatable bonds is 6. The van der Waals surface area contributed by atoms with E-state index in [1.165, 1.54) is 0 Å². The van der Waals surface area contributed by atoms with E-state index >= 15 is 0 Å². The highest BCUT2D eigenvalue weighted by Gasteiger charge is 2.05. The van der Waals surface area contributed by atoms with Gasteiger partial charge in [0.1, 0.15) is 5.75 Å². The van der Waals surface area contributed by atoms with E-state index < -0.39 is 0 Å². The van der Waals surface area contributed by atoms with Crippen LogP contribution in [-0.2, 0) is 5.75 Å². The van der Waals surface area contributed by atoms with Gasteiger partial charge in [0.05, 0.1) is 13.7 Å². The van der Waals surface area contributed by atoms with E-state index in [0.717, 1.165) is 30.1 Å². The van der Waals surface area contributed by atoms with Crippen molar-refractivity contribution in [1.29, 1.82) is 0 Å². The minimum absolute atomic E-state index is 0.681. The molecule has 2 aromatic rings. The number of halogens is 2. The van der Waals surface area contributed by atoms with E-state index in [0.29, 0.717) is 11.4 Å². The molecule has 0 saturated carbocycles. The number of ether oxygens (including phenoxy) is 1. The number of hydrogen-bond donors (Lipinski definition) is 2. The maximum atomic E-state index is 5.84. The first-order valence-electron chi connectivity index (χ1n) is 5.58. The first-order chi connectivity index (χ1) is 9.16. The van der Waals surface area contributed by atoms with Crippen molar-refractivity contribution >= 4 is 69.2 Å². The monoisotopic (exact) mass is 518 g/mol. The summed E-state index contributed by atoms with van der Waals surface area (Å²) in [6, 6.07) is 6.16. The zero-order valence-electron chi connectivity index (χ0n) is 9.91. The Hall–Kier alpha value is 0.260. The topological polar surface area (TPSA) is 40.8 Å². The van der Waals surface area contributed by atoms with Gasteiger partial charge in [0.2, 0.25) is 0 Å². The maximum Gasteiger partial charge on any atom is 0.174 e. The molecule has 1 aromatic heterocycles. The molecule has 0 spiro atoms. The minimum atomic E-state index is 0.681. The van der Waals surface area contributed by atoms with Gasteiger partial charge in [0, 0.05) is 23.4 Å². The molecule has 102 valence electrons. The highest BCUT2D eigenvalue weighted by Crippen LogP contribution is 2.27. The van der Waals surface area contributed by atoms with E-state index in [4.69, 9.17) is 17.0 Å². The van der Waals surface area contributed by atoms with E-state index in [2.05, 4.69) is 67.3 Å². The van der Waals surface area contributed by atoms with E-state index in [-0.39, 0.29) is 0 Å². The van der Waals surface area contributed by atoms with Gasteiger partial charge in [0.15, 0.2) is 4.77 Å². The maximum absolute atomic E-state index is 5.84. The number of hydrogen-bond acceptors (Lipinski definition) is 3. The Labute approximate surface area is 148 Å². The molecule has 0 fully saturated rings. The number of para-hydroxylation sites is 1. The number of H-pyrrole nitrogens is 2.